The van der Waals surface area contributed by atoms with Crippen molar-refractivity contribution in [2.24, 2.45) is 0 Å². The molecule has 0 aliphatic rings. The van der Waals surface area contributed by atoms with Gasteiger partial charge in [-0.25, -0.2) is 9.59 Å². The molecular formula is C14H15Cl2NO4. The maximum Gasteiger partial charge on any atom is 0.353 e. The van der Waals surface area contributed by atoms with Gasteiger partial charge in [0.2, 0.25) is 0 Å². The Morgan fingerprint density at radius 1 is 1.05 bits per heavy atom. The molecule has 1 aromatic rings. The lowest BCUT2D eigenvalue weighted by atomic mass is 10.1. The Kier molecular flexibility index (Phi) is 6.05. The smallest absolute Gasteiger partial charge is 0.353 e. The topological polar surface area (TPSA) is 77.8 Å². The molecule has 0 spiro atoms. The summed E-state index contributed by atoms with van der Waals surface area (Å²) in [4.78, 5) is 24.1. The number of benzene rings is 1. The van der Waals surface area contributed by atoms with Crippen molar-refractivity contribution in [3.8, 4) is 0 Å². The van der Waals surface area contributed by atoms with Gasteiger partial charge < -0.3 is 15.1 Å². The van der Waals surface area contributed by atoms with Crippen LogP contribution in [-0.2, 0) is 9.59 Å². The fraction of sp³-hybridized carbons (Fsp3) is 0.286. The van der Waals surface area contributed by atoms with Crippen LogP contribution in [0.4, 0.5) is 5.69 Å². The molecule has 0 saturated heterocycles. The number of nitrogens with zero attached hydrogens (tertiary/aromatic N) is 1. The predicted molar refractivity (Wildman–Crippen MR) is 82.1 cm³/mol. The van der Waals surface area contributed by atoms with Crippen LogP contribution in [0.1, 0.15) is 20.3 Å². The summed E-state index contributed by atoms with van der Waals surface area (Å²) in [7, 11) is 0. The largest absolute Gasteiger partial charge is 0.478 e. The van der Waals surface area contributed by atoms with E-state index in [2.05, 4.69) is 0 Å². The van der Waals surface area contributed by atoms with Crippen LogP contribution in [0, 0.1) is 0 Å². The fourth-order valence-corrected chi connectivity index (χ4v) is 2.51. The van der Waals surface area contributed by atoms with Crippen molar-refractivity contribution < 1.29 is 19.8 Å². The Balaban J connectivity index is 3.52. The van der Waals surface area contributed by atoms with Gasteiger partial charge in [-0.15, -0.1) is 0 Å². The average molecular weight is 332 g/mol. The van der Waals surface area contributed by atoms with Crippen LogP contribution in [0.2, 0.25) is 10.0 Å². The lowest BCUT2D eigenvalue weighted by Gasteiger charge is -2.25. The molecule has 1 aromatic carbocycles. The molecule has 0 amide bonds. The molecule has 0 fully saturated rings. The van der Waals surface area contributed by atoms with E-state index in [-0.39, 0.29) is 24.2 Å². The van der Waals surface area contributed by atoms with E-state index in [1.807, 2.05) is 0 Å². The van der Waals surface area contributed by atoms with Crippen LogP contribution in [0.5, 0.6) is 0 Å². The van der Waals surface area contributed by atoms with Gasteiger partial charge in [0.1, 0.15) is 5.70 Å². The van der Waals surface area contributed by atoms with E-state index in [0.717, 1.165) is 0 Å². The maximum absolute atomic E-state index is 11.5. The number of hydrogen-bond donors (Lipinski definition) is 2. The standard InChI is InChI=1S/C14H15Cl2NO4/c1-3-11(13(18)19)12(14(20)21)17(4-2)10-6-8(15)5-9(16)7-10/h5-7H,3-4H2,1-2H3,(H,18,19)(H,20,21). The first-order chi connectivity index (χ1) is 9.81. The number of aliphatic carboxylic acids is 2. The van der Waals surface area contributed by atoms with E-state index in [9.17, 15) is 19.8 Å². The normalized spacial score (nSPS) is 11.8. The molecule has 114 valence electrons. The third-order valence-electron chi connectivity index (χ3n) is 2.85. The third kappa shape index (κ3) is 4.12. The lowest BCUT2D eigenvalue weighted by Crippen LogP contribution is -2.30. The number of anilines is 1. The van der Waals surface area contributed by atoms with Gasteiger partial charge in [0.05, 0.1) is 5.57 Å². The lowest BCUT2D eigenvalue weighted by molar-refractivity contribution is -0.136. The highest BCUT2D eigenvalue weighted by Gasteiger charge is 2.25. The van der Waals surface area contributed by atoms with Gasteiger partial charge in [-0.3, -0.25) is 0 Å². The highest BCUT2D eigenvalue weighted by Crippen LogP contribution is 2.29. The first-order valence-corrected chi connectivity index (χ1v) is 7.00. The first kappa shape index (κ1) is 17.3. The van der Waals surface area contributed by atoms with Gasteiger partial charge in [-0.1, -0.05) is 30.1 Å². The minimum atomic E-state index is -1.31. The number of carboxylic acid groups (broad SMARTS) is 2. The van der Waals surface area contributed by atoms with E-state index in [1.165, 1.54) is 23.1 Å². The molecular weight excluding hydrogens is 317 g/mol. The van der Waals surface area contributed by atoms with Crippen LogP contribution in [-0.4, -0.2) is 28.7 Å². The number of hydrogen-bond acceptors (Lipinski definition) is 3. The van der Waals surface area contributed by atoms with Crippen molar-refractivity contribution in [1.82, 2.24) is 0 Å². The van der Waals surface area contributed by atoms with Gasteiger partial charge in [0.15, 0.2) is 0 Å². The van der Waals surface area contributed by atoms with Gasteiger partial charge in [0.25, 0.3) is 0 Å². The molecule has 0 saturated carbocycles. The van der Waals surface area contributed by atoms with Gasteiger partial charge in [-0.2, -0.15) is 0 Å². The second-order valence-electron chi connectivity index (χ2n) is 4.16. The predicted octanol–water partition coefficient (Wildman–Crippen LogP) is 3.65. The molecule has 0 radical (unpaired) electrons. The second kappa shape index (κ2) is 7.33. The summed E-state index contributed by atoms with van der Waals surface area (Å²) >= 11 is 11.8. The van der Waals surface area contributed by atoms with E-state index >= 15 is 0 Å². The Morgan fingerprint density at radius 2 is 1.57 bits per heavy atom. The molecule has 0 aliphatic heterocycles. The Morgan fingerprint density at radius 3 is 1.90 bits per heavy atom. The summed E-state index contributed by atoms with van der Waals surface area (Å²) in [5.41, 5.74) is -0.0362. The summed E-state index contributed by atoms with van der Waals surface area (Å²) in [5, 5.41) is 19.3. The zero-order valence-electron chi connectivity index (χ0n) is 11.6. The van der Waals surface area contributed by atoms with Crippen molar-refractivity contribution in [2.45, 2.75) is 20.3 Å². The number of halogens is 2. The molecule has 21 heavy (non-hydrogen) atoms. The van der Waals surface area contributed by atoms with E-state index in [1.54, 1.807) is 13.8 Å². The molecule has 0 bridgehead atoms. The fourth-order valence-electron chi connectivity index (χ4n) is 1.99. The van der Waals surface area contributed by atoms with Gasteiger partial charge in [0, 0.05) is 22.3 Å². The molecule has 5 nitrogen and oxygen atoms in total. The Hall–Kier alpha value is -1.72. The van der Waals surface area contributed by atoms with E-state index < -0.39 is 11.9 Å². The van der Waals surface area contributed by atoms with Gasteiger partial charge in [-0.05, 0) is 31.5 Å². The highest BCUT2D eigenvalue weighted by molar-refractivity contribution is 6.35. The second-order valence-corrected chi connectivity index (χ2v) is 5.04. The highest BCUT2D eigenvalue weighted by atomic mass is 35.5. The van der Waals surface area contributed by atoms with Crippen LogP contribution in [0.3, 0.4) is 0 Å². The molecule has 7 heteroatoms. The van der Waals surface area contributed by atoms with Crippen LogP contribution >= 0.6 is 23.2 Å². The summed E-state index contributed by atoms with van der Waals surface area (Å²) in [6.07, 6.45) is 0.0851. The summed E-state index contributed by atoms with van der Waals surface area (Å²) < 4.78 is 0. The zero-order chi connectivity index (χ0) is 16.2. The molecule has 0 aromatic heterocycles. The minimum Gasteiger partial charge on any atom is -0.478 e. The van der Waals surface area contributed by atoms with Crippen molar-refractivity contribution in [3.05, 3.63) is 39.5 Å². The zero-order valence-corrected chi connectivity index (χ0v) is 13.1. The van der Waals surface area contributed by atoms with Crippen LogP contribution in [0.25, 0.3) is 0 Å². The average Bonchev–Trinajstić information content (AvgIpc) is 2.36. The van der Waals surface area contributed by atoms with Crippen molar-refractivity contribution in [1.29, 1.82) is 0 Å². The molecule has 1 rings (SSSR count). The molecule has 0 heterocycles. The van der Waals surface area contributed by atoms with Crippen molar-refractivity contribution in [2.75, 3.05) is 11.4 Å². The molecule has 2 N–H and O–H groups in total. The van der Waals surface area contributed by atoms with Crippen LogP contribution in [0.15, 0.2) is 29.5 Å². The molecule has 0 atom stereocenters. The van der Waals surface area contributed by atoms with E-state index in [4.69, 9.17) is 23.2 Å². The first-order valence-electron chi connectivity index (χ1n) is 6.25. The summed E-state index contributed by atoms with van der Waals surface area (Å²) in [6.45, 7) is 3.56. The Labute approximate surface area is 132 Å². The number of likely N-dealkylation sites (N-methyl/N-ethyl adjacent to an activating group) is 1. The minimum absolute atomic E-state index is 0.0851. The van der Waals surface area contributed by atoms with E-state index in [0.29, 0.717) is 15.7 Å². The quantitative estimate of drug-likeness (QED) is 0.778. The Bertz CT molecular complexity index is 578. The molecule has 0 unspecified atom stereocenters. The third-order valence-corrected chi connectivity index (χ3v) is 3.28. The van der Waals surface area contributed by atoms with Crippen LogP contribution < -0.4 is 4.90 Å². The van der Waals surface area contributed by atoms with Gasteiger partial charge >= 0.3 is 11.9 Å². The van der Waals surface area contributed by atoms with Crippen molar-refractivity contribution in [3.63, 3.8) is 0 Å². The number of carbonyl (C=O) groups is 2. The monoisotopic (exact) mass is 331 g/mol. The SMILES string of the molecule is CCC(C(=O)O)=C(C(=O)O)N(CC)c1cc(Cl)cc(Cl)c1. The number of rotatable bonds is 6. The molecule has 0 aliphatic carbocycles. The number of carboxylic acids is 2. The van der Waals surface area contributed by atoms with Crippen molar-refractivity contribution >= 4 is 40.8 Å². The summed E-state index contributed by atoms with van der Waals surface area (Å²) in [5.74, 6) is -2.58. The summed E-state index contributed by atoms with van der Waals surface area (Å²) in [6, 6.07) is 4.59. The maximum atomic E-state index is 11.5.